The Labute approximate surface area is 171 Å². The molecule has 1 saturated heterocycles. The number of Topliss-reactive ketones (excluding diaryl/α,β-unsaturated/α-hetero) is 1. The second-order valence-electron chi connectivity index (χ2n) is 8.25. The molecule has 6 nitrogen and oxygen atoms in total. The molecule has 1 saturated carbocycles. The van der Waals surface area contributed by atoms with E-state index in [9.17, 15) is 9.59 Å². The molecule has 6 heteroatoms. The van der Waals surface area contributed by atoms with Crippen molar-refractivity contribution in [3.8, 4) is 11.5 Å². The second-order valence-corrected chi connectivity index (χ2v) is 8.25. The number of benzene rings is 1. The van der Waals surface area contributed by atoms with Crippen molar-refractivity contribution < 1.29 is 23.8 Å². The summed E-state index contributed by atoms with van der Waals surface area (Å²) in [6.45, 7) is 5.10. The quantitative estimate of drug-likeness (QED) is 0.544. The maximum atomic E-state index is 13.6. The Kier molecular flexibility index (Phi) is 5.38. The molecule has 156 valence electrons. The Hall–Kier alpha value is -2.34. The van der Waals surface area contributed by atoms with Crippen molar-refractivity contribution >= 4 is 11.7 Å². The van der Waals surface area contributed by atoms with E-state index in [1.54, 1.807) is 14.2 Å². The summed E-state index contributed by atoms with van der Waals surface area (Å²) in [6, 6.07) is 5.85. The predicted octanol–water partition coefficient (Wildman–Crippen LogP) is 2.89. The number of nitrogens with zero attached hydrogens (tertiary/aromatic N) is 1. The van der Waals surface area contributed by atoms with E-state index < -0.39 is 17.4 Å². The van der Waals surface area contributed by atoms with Gasteiger partial charge in [0.15, 0.2) is 11.5 Å². The standard InChI is InChI=1S/C23H29NO5/c1-4-11-23-12-10-17(25)19(22(26)24-13-6-7-15(24)14-27-2)21(23)29-20-16(23)8-5-9-18(20)28-3/h4-5,8-9,15,19,21H,1,6-7,10-14H2,2-3H3/t15-,19?,21-,23-/m0/s1. The van der Waals surface area contributed by atoms with Crippen molar-refractivity contribution in [2.75, 3.05) is 27.4 Å². The highest BCUT2D eigenvalue weighted by Gasteiger charge is 2.59. The van der Waals surface area contributed by atoms with Crippen molar-refractivity contribution in [1.82, 2.24) is 4.90 Å². The van der Waals surface area contributed by atoms with Gasteiger partial charge >= 0.3 is 0 Å². The van der Waals surface area contributed by atoms with Crippen LogP contribution in [0, 0.1) is 5.92 Å². The van der Waals surface area contributed by atoms with Gasteiger partial charge in [-0.05, 0) is 31.7 Å². The van der Waals surface area contributed by atoms with Crippen LogP contribution in [0.5, 0.6) is 11.5 Å². The summed E-state index contributed by atoms with van der Waals surface area (Å²) in [5.74, 6) is 0.328. The Morgan fingerprint density at radius 3 is 2.97 bits per heavy atom. The number of ketones is 1. The molecule has 0 N–H and O–H groups in total. The number of carbonyl (C=O) groups is 2. The van der Waals surface area contributed by atoms with Gasteiger partial charge in [-0.15, -0.1) is 6.58 Å². The number of likely N-dealkylation sites (tertiary alicyclic amines) is 1. The smallest absolute Gasteiger partial charge is 0.237 e. The minimum absolute atomic E-state index is 0.0225. The van der Waals surface area contributed by atoms with Crippen molar-refractivity contribution in [2.24, 2.45) is 5.92 Å². The molecule has 0 bridgehead atoms. The predicted molar refractivity (Wildman–Crippen MR) is 108 cm³/mol. The zero-order valence-electron chi connectivity index (χ0n) is 17.2. The van der Waals surface area contributed by atoms with Gasteiger partial charge in [-0.3, -0.25) is 9.59 Å². The number of para-hydroxylation sites is 1. The van der Waals surface area contributed by atoms with Gasteiger partial charge < -0.3 is 19.1 Å². The third kappa shape index (κ3) is 3.05. The molecule has 3 aliphatic rings. The van der Waals surface area contributed by atoms with Crippen molar-refractivity contribution in [1.29, 1.82) is 0 Å². The van der Waals surface area contributed by atoms with Gasteiger partial charge in [0.05, 0.1) is 19.8 Å². The third-order valence-corrected chi connectivity index (χ3v) is 6.79. The van der Waals surface area contributed by atoms with Crippen molar-refractivity contribution in [3.63, 3.8) is 0 Å². The molecule has 1 aliphatic carbocycles. The monoisotopic (exact) mass is 399 g/mol. The van der Waals surface area contributed by atoms with E-state index in [-0.39, 0.29) is 17.7 Å². The van der Waals surface area contributed by atoms with Crippen LogP contribution in [0.1, 0.15) is 37.7 Å². The average molecular weight is 399 g/mol. The molecule has 0 radical (unpaired) electrons. The molecule has 2 aliphatic heterocycles. The lowest BCUT2D eigenvalue weighted by Crippen LogP contribution is -2.57. The molecule has 0 aromatic heterocycles. The van der Waals surface area contributed by atoms with Gasteiger partial charge in [0.25, 0.3) is 0 Å². The molecule has 29 heavy (non-hydrogen) atoms. The number of amides is 1. The van der Waals surface area contributed by atoms with E-state index in [0.717, 1.165) is 18.4 Å². The topological polar surface area (TPSA) is 65.1 Å². The highest BCUT2D eigenvalue weighted by Crippen LogP contribution is 2.56. The number of rotatable bonds is 6. The van der Waals surface area contributed by atoms with Crippen LogP contribution in [-0.2, 0) is 19.7 Å². The number of hydrogen-bond acceptors (Lipinski definition) is 5. The summed E-state index contributed by atoms with van der Waals surface area (Å²) in [6.07, 6.45) is 4.82. The van der Waals surface area contributed by atoms with Crippen LogP contribution in [0.25, 0.3) is 0 Å². The van der Waals surface area contributed by atoms with Crippen LogP contribution in [0.4, 0.5) is 0 Å². The molecule has 1 aromatic carbocycles. The summed E-state index contributed by atoms with van der Waals surface area (Å²) >= 11 is 0. The number of carbonyl (C=O) groups excluding carboxylic acids is 2. The number of hydrogen-bond donors (Lipinski definition) is 0. The first kappa shape index (κ1) is 20.0. The normalized spacial score (nSPS) is 30.5. The minimum atomic E-state index is -0.807. The van der Waals surface area contributed by atoms with Crippen LogP contribution in [0.2, 0.25) is 0 Å². The lowest BCUT2D eigenvalue weighted by atomic mass is 9.62. The van der Waals surface area contributed by atoms with Crippen molar-refractivity contribution in [2.45, 2.75) is 49.7 Å². The molecule has 4 rings (SSSR count). The highest BCUT2D eigenvalue weighted by atomic mass is 16.5. The zero-order valence-corrected chi connectivity index (χ0v) is 17.2. The highest BCUT2D eigenvalue weighted by molar-refractivity contribution is 6.03. The first-order valence-electron chi connectivity index (χ1n) is 10.3. The van der Waals surface area contributed by atoms with E-state index in [1.807, 2.05) is 29.2 Å². The molecule has 2 fully saturated rings. The lowest BCUT2D eigenvalue weighted by molar-refractivity contribution is -0.150. The largest absolute Gasteiger partial charge is 0.493 e. The Morgan fingerprint density at radius 1 is 1.41 bits per heavy atom. The Morgan fingerprint density at radius 2 is 2.24 bits per heavy atom. The lowest BCUT2D eigenvalue weighted by Gasteiger charge is -2.42. The third-order valence-electron chi connectivity index (χ3n) is 6.79. The SMILES string of the molecule is C=CC[C@@]12CCC(=O)C(C(=O)N3CCC[C@H]3COC)[C@@H]1Oc1c(OC)cccc12. The van der Waals surface area contributed by atoms with Crippen LogP contribution in [0.15, 0.2) is 30.9 Å². The fourth-order valence-electron chi connectivity index (χ4n) is 5.44. The first-order valence-corrected chi connectivity index (χ1v) is 10.3. The molecular formula is C23H29NO5. The maximum absolute atomic E-state index is 13.6. The van der Waals surface area contributed by atoms with Gasteiger partial charge in [-0.2, -0.15) is 0 Å². The van der Waals surface area contributed by atoms with Crippen LogP contribution in [0.3, 0.4) is 0 Å². The van der Waals surface area contributed by atoms with Crippen LogP contribution in [-0.4, -0.2) is 56.1 Å². The molecule has 0 spiro atoms. The van der Waals surface area contributed by atoms with Gasteiger partial charge in [0.2, 0.25) is 5.91 Å². The van der Waals surface area contributed by atoms with Gasteiger partial charge in [-0.1, -0.05) is 18.2 Å². The van der Waals surface area contributed by atoms with Crippen molar-refractivity contribution in [3.05, 3.63) is 36.4 Å². The summed E-state index contributed by atoms with van der Waals surface area (Å²) < 4.78 is 17.2. The fraction of sp³-hybridized carbons (Fsp3) is 0.565. The average Bonchev–Trinajstić information content (AvgIpc) is 3.31. The fourth-order valence-corrected chi connectivity index (χ4v) is 5.44. The first-order chi connectivity index (χ1) is 14.1. The zero-order chi connectivity index (χ0) is 20.6. The maximum Gasteiger partial charge on any atom is 0.237 e. The summed E-state index contributed by atoms with van der Waals surface area (Å²) in [5, 5.41) is 0. The number of ether oxygens (including phenoxy) is 3. The number of methoxy groups -OCH3 is 2. The van der Waals surface area contributed by atoms with E-state index in [2.05, 4.69) is 6.58 Å². The van der Waals surface area contributed by atoms with Crippen LogP contribution >= 0.6 is 0 Å². The Balaban J connectivity index is 1.74. The van der Waals surface area contributed by atoms with Gasteiger partial charge in [0, 0.05) is 31.1 Å². The molecule has 4 atom stereocenters. The van der Waals surface area contributed by atoms with E-state index in [1.165, 1.54) is 0 Å². The summed E-state index contributed by atoms with van der Waals surface area (Å²) in [4.78, 5) is 28.5. The summed E-state index contributed by atoms with van der Waals surface area (Å²) in [7, 11) is 3.25. The molecule has 1 amide bonds. The number of fused-ring (bicyclic) bond motifs is 3. The molecule has 1 aromatic rings. The summed E-state index contributed by atoms with van der Waals surface area (Å²) in [5.41, 5.74) is 0.581. The van der Waals surface area contributed by atoms with Gasteiger partial charge in [-0.25, -0.2) is 0 Å². The van der Waals surface area contributed by atoms with E-state index >= 15 is 0 Å². The molecular weight excluding hydrogens is 370 g/mol. The number of allylic oxidation sites excluding steroid dienone is 1. The minimum Gasteiger partial charge on any atom is -0.493 e. The van der Waals surface area contributed by atoms with E-state index in [4.69, 9.17) is 14.2 Å². The second kappa shape index (κ2) is 7.82. The van der Waals surface area contributed by atoms with E-state index in [0.29, 0.717) is 43.9 Å². The molecule has 1 unspecified atom stereocenters. The van der Waals surface area contributed by atoms with Gasteiger partial charge in [0.1, 0.15) is 17.8 Å². The Bertz CT molecular complexity index is 821. The van der Waals surface area contributed by atoms with Crippen LogP contribution < -0.4 is 9.47 Å². The molecule has 2 heterocycles.